The first-order chi connectivity index (χ1) is 9.10. The lowest BCUT2D eigenvalue weighted by molar-refractivity contribution is 0.100. The molecule has 94 valence electrons. The number of nitrogens with two attached hydrogens (primary N) is 2. The molecular formula is C13H11N5O. The highest BCUT2D eigenvalue weighted by Gasteiger charge is 2.09. The highest BCUT2D eigenvalue weighted by molar-refractivity contribution is 5.99. The number of pyridine rings is 1. The summed E-state index contributed by atoms with van der Waals surface area (Å²) in [7, 11) is 0. The molecular weight excluding hydrogens is 242 g/mol. The molecule has 1 heterocycles. The van der Waals surface area contributed by atoms with Crippen molar-refractivity contribution < 1.29 is 4.79 Å². The minimum Gasteiger partial charge on any atom is -0.384 e. The van der Waals surface area contributed by atoms with E-state index in [9.17, 15) is 4.79 Å². The Morgan fingerprint density at radius 1 is 1.32 bits per heavy atom. The number of rotatable bonds is 3. The number of anilines is 3. The molecule has 6 nitrogen and oxygen atoms in total. The van der Waals surface area contributed by atoms with Gasteiger partial charge >= 0.3 is 0 Å². The first kappa shape index (κ1) is 12.4. The summed E-state index contributed by atoms with van der Waals surface area (Å²) < 4.78 is 0. The molecule has 1 aromatic heterocycles. The highest BCUT2D eigenvalue weighted by Crippen LogP contribution is 2.21. The van der Waals surface area contributed by atoms with Gasteiger partial charge in [-0.15, -0.1) is 0 Å². The van der Waals surface area contributed by atoms with E-state index in [1.807, 2.05) is 6.07 Å². The van der Waals surface area contributed by atoms with Crippen LogP contribution >= 0.6 is 0 Å². The van der Waals surface area contributed by atoms with Crippen LogP contribution in [0.2, 0.25) is 0 Å². The van der Waals surface area contributed by atoms with Crippen LogP contribution in [-0.2, 0) is 0 Å². The van der Waals surface area contributed by atoms with Gasteiger partial charge in [-0.05, 0) is 30.3 Å². The molecule has 0 unspecified atom stereocenters. The van der Waals surface area contributed by atoms with Crippen molar-refractivity contribution in [1.82, 2.24) is 4.98 Å². The van der Waals surface area contributed by atoms with Gasteiger partial charge in [-0.1, -0.05) is 0 Å². The lowest BCUT2D eigenvalue weighted by atomic mass is 10.2. The maximum atomic E-state index is 11.3. The van der Waals surface area contributed by atoms with Crippen LogP contribution in [0.5, 0.6) is 0 Å². The molecule has 6 heteroatoms. The van der Waals surface area contributed by atoms with Gasteiger partial charge in [-0.2, -0.15) is 5.26 Å². The summed E-state index contributed by atoms with van der Waals surface area (Å²) in [6.45, 7) is 0. The zero-order chi connectivity index (χ0) is 13.8. The monoisotopic (exact) mass is 253 g/mol. The third kappa shape index (κ3) is 2.79. The van der Waals surface area contributed by atoms with Crippen molar-refractivity contribution in [2.45, 2.75) is 0 Å². The molecule has 2 rings (SSSR count). The quantitative estimate of drug-likeness (QED) is 0.763. The molecule has 2 aromatic rings. The maximum Gasteiger partial charge on any atom is 0.251 e. The van der Waals surface area contributed by atoms with Gasteiger partial charge in [0, 0.05) is 5.69 Å². The second kappa shape index (κ2) is 5.06. The van der Waals surface area contributed by atoms with E-state index < -0.39 is 5.91 Å². The Morgan fingerprint density at radius 2 is 2.00 bits per heavy atom. The number of carbonyl (C=O) groups is 1. The van der Waals surface area contributed by atoms with E-state index in [4.69, 9.17) is 16.7 Å². The number of nitriles is 1. The number of benzene rings is 1. The number of nitrogens with one attached hydrogen (secondary N) is 1. The number of primary amides is 1. The average molecular weight is 253 g/mol. The number of carbonyl (C=O) groups excluding carboxylic acids is 1. The van der Waals surface area contributed by atoms with Crippen molar-refractivity contribution in [2.75, 3.05) is 11.1 Å². The SMILES string of the molecule is N#Cc1ccc(Nc2cnc(N)cc2C(N)=O)cc1. The Kier molecular flexibility index (Phi) is 3.30. The van der Waals surface area contributed by atoms with E-state index in [1.165, 1.54) is 12.3 Å². The standard InChI is InChI=1S/C13H11N5O/c14-6-8-1-3-9(4-2-8)18-11-7-17-12(15)5-10(11)13(16)19/h1-5,7,18H,(H2,15,17)(H2,16,19). The largest absolute Gasteiger partial charge is 0.384 e. The van der Waals surface area contributed by atoms with E-state index >= 15 is 0 Å². The first-order valence-corrected chi connectivity index (χ1v) is 5.42. The summed E-state index contributed by atoms with van der Waals surface area (Å²) in [6.07, 6.45) is 1.44. The Morgan fingerprint density at radius 3 is 2.58 bits per heavy atom. The zero-order valence-electron chi connectivity index (χ0n) is 9.92. The first-order valence-electron chi connectivity index (χ1n) is 5.42. The maximum absolute atomic E-state index is 11.3. The van der Waals surface area contributed by atoms with Gasteiger partial charge in [-0.25, -0.2) is 4.98 Å². The molecule has 0 bridgehead atoms. The fraction of sp³-hybridized carbons (Fsp3) is 0. The third-order valence-electron chi connectivity index (χ3n) is 2.48. The molecule has 0 saturated heterocycles. The number of nitrogens with zero attached hydrogens (tertiary/aromatic N) is 2. The Hall–Kier alpha value is -3.07. The fourth-order valence-electron chi connectivity index (χ4n) is 1.56. The molecule has 0 aliphatic carbocycles. The number of nitrogen functional groups attached to an aromatic ring is 1. The molecule has 5 N–H and O–H groups in total. The second-order valence-corrected chi connectivity index (χ2v) is 3.83. The van der Waals surface area contributed by atoms with Gasteiger partial charge in [0.25, 0.3) is 5.91 Å². The van der Waals surface area contributed by atoms with Crippen molar-refractivity contribution in [2.24, 2.45) is 5.73 Å². The van der Waals surface area contributed by atoms with Crippen molar-refractivity contribution in [3.8, 4) is 6.07 Å². The summed E-state index contributed by atoms with van der Waals surface area (Å²) >= 11 is 0. The van der Waals surface area contributed by atoms with Crippen LogP contribution in [-0.4, -0.2) is 10.9 Å². The average Bonchev–Trinajstić information content (AvgIpc) is 2.41. The van der Waals surface area contributed by atoms with Crippen LogP contribution in [0.1, 0.15) is 15.9 Å². The Balaban J connectivity index is 2.32. The predicted octanol–water partition coefficient (Wildman–Crippen LogP) is 1.38. The molecule has 1 amide bonds. The topological polar surface area (TPSA) is 118 Å². The summed E-state index contributed by atoms with van der Waals surface area (Å²) in [5.41, 5.74) is 12.8. The van der Waals surface area contributed by atoms with Gasteiger partial charge in [-0.3, -0.25) is 4.79 Å². The normalized spacial score (nSPS) is 9.63. The molecule has 1 aromatic carbocycles. The van der Waals surface area contributed by atoms with Crippen molar-refractivity contribution in [1.29, 1.82) is 5.26 Å². The minimum atomic E-state index is -0.592. The van der Waals surface area contributed by atoms with Gasteiger partial charge in [0.05, 0.1) is 29.1 Å². The van der Waals surface area contributed by atoms with Crippen LogP contribution in [0, 0.1) is 11.3 Å². The van der Waals surface area contributed by atoms with Crippen LogP contribution < -0.4 is 16.8 Å². The lowest BCUT2D eigenvalue weighted by Gasteiger charge is -2.10. The Bertz CT molecular complexity index is 658. The highest BCUT2D eigenvalue weighted by atomic mass is 16.1. The molecule has 19 heavy (non-hydrogen) atoms. The van der Waals surface area contributed by atoms with Gasteiger partial charge in [0.15, 0.2) is 0 Å². The van der Waals surface area contributed by atoms with E-state index in [0.717, 1.165) is 0 Å². The number of hydrogen-bond donors (Lipinski definition) is 3. The predicted molar refractivity (Wildman–Crippen MR) is 71.6 cm³/mol. The van der Waals surface area contributed by atoms with Crippen LogP contribution in [0.3, 0.4) is 0 Å². The lowest BCUT2D eigenvalue weighted by Crippen LogP contribution is -2.14. The van der Waals surface area contributed by atoms with Gasteiger partial charge < -0.3 is 16.8 Å². The van der Waals surface area contributed by atoms with Crippen molar-refractivity contribution in [3.63, 3.8) is 0 Å². The molecule has 0 aliphatic heterocycles. The molecule has 0 radical (unpaired) electrons. The van der Waals surface area contributed by atoms with E-state index in [2.05, 4.69) is 10.3 Å². The molecule has 0 fully saturated rings. The summed E-state index contributed by atoms with van der Waals surface area (Å²) in [6, 6.07) is 10.2. The van der Waals surface area contributed by atoms with Crippen LogP contribution in [0.25, 0.3) is 0 Å². The number of hydrogen-bond acceptors (Lipinski definition) is 5. The van der Waals surface area contributed by atoms with Crippen molar-refractivity contribution in [3.05, 3.63) is 47.7 Å². The fourth-order valence-corrected chi connectivity index (χ4v) is 1.56. The van der Waals surface area contributed by atoms with Crippen LogP contribution in [0.15, 0.2) is 36.5 Å². The van der Waals surface area contributed by atoms with E-state index in [0.29, 0.717) is 16.9 Å². The second-order valence-electron chi connectivity index (χ2n) is 3.83. The Labute approximate surface area is 109 Å². The molecule has 0 spiro atoms. The number of amides is 1. The summed E-state index contributed by atoms with van der Waals surface area (Å²) in [5.74, 6) is -0.371. The molecule has 0 atom stereocenters. The van der Waals surface area contributed by atoms with Gasteiger partial charge in [0.1, 0.15) is 5.82 Å². The zero-order valence-corrected chi connectivity index (χ0v) is 9.92. The summed E-state index contributed by atoms with van der Waals surface area (Å²) in [4.78, 5) is 15.2. The van der Waals surface area contributed by atoms with Crippen molar-refractivity contribution >= 4 is 23.1 Å². The minimum absolute atomic E-state index is 0.221. The van der Waals surface area contributed by atoms with E-state index in [1.54, 1.807) is 24.3 Å². The smallest absolute Gasteiger partial charge is 0.251 e. The van der Waals surface area contributed by atoms with E-state index in [-0.39, 0.29) is 11.4 Å². The van der Waals surface area contributed by atoms with Crippen LogP contribution in [0.4, 0.5) is 17.2 Å². The summed E-state index contributed by atoms with van der Waals surface area (Å²) in [5, 5.41) is 11.7. The van der Waals surface area contributed by atoms with Gasteiger partial charge in [0.2, 0.25) is 0 Å². The molecule has 0 saturated carbocycles. The number of aromatic nitrogens is 1. The molecule has 0 aliphatic rings. The third-order valence-corrected chi connectivity index (χ3v) is 2.48.